The Morgan fingerprint density at radius 3 is 2.68 bits per heavy atom. The number of carbonyl (C=O) groups excluding carboxylic acids is 2. The van der Waals surface area contributed by atoms with Gasteiger partial charge in [-0.3, -0.25) is 0 Å². The van der Waals surface area contributed by atoms with Gasteiger partial charge in [-0.25, -0.2) is 9.59 Å². The van der Waals surface area contributed by atoms with E-state index in [1.165, 1.54) is 6.92 Å². The molecule has 136 valence electrons. The van der Waals surface area contributed by atoms with Crippen LogP contribution in [-0.2, 0) is 19.1 Å². The summed E-state index contributed by atoms with van der Waals surface area (Å²) in [7, 11) is 0. The van der Waals surface area contributed by atoms with Crippen molar-refractivity contribution in [3.05, 3.63) is 47.6 Å². The summed E-state index contributed by atoms with van der Waals surface area (Å²) >= 11 is 0. The van der Waals surface area contributed by atoms with Gasteiger partial charge in [0.25, 0.3) is 0 Å². The van der Waals surface area contributed by atoms with Crippen LogP contribution < -0.4 is 0 Å². The molecule has 4 atom stereocenters. The van der Waals surface area contributed by atoms with Crippen LogP contribution in [0.2, 0.25) is 0 Å². The molecule has 0 unspecified atom stereocenters. The van der Waals surface area contributed by atoms with Crippen LogP contribution >= 0.6 is 0 Å². The van der Waals surface area contributed by atoms with E-state index in [1.807, 2.05) is 6.92 Å². The molecule has 0 bridgehead atoms. The molecule has 0 spiro atoms. The zero-order valence-corrected chi connectivity index (χ0v) is 14.5. The fourth-order valence-corrected chi connectivity index (χ4v) is 3.11. The first-order chi connectivity index (χ1) is 11.7. The molecule has 1 aliphatic carbocycles. The third-order valence-electron chi connectivity index (χ3n) is 4.34. The highest BCUT2D eigenvalue weighted by molar-refractivity contribution is 5.91. The van der Waals surface area contributed by atoms with E-state index in [9.17, 15) is 19.8 Å². The molecule has 2 N–H and O–H groups in total. The number of aliphatic hydroxyl groups is 2. The third-order valence-corrected chi connectivity index (χ3v) is 4.34. The van der Waals surface area contributed by atoms with Gasteiger partial charge in [-0.15, -0.1) is 0 Å². The smallest absolute Gasteiger partial charge is 0.334 e. The first kappa shape index (κ1) is 19.1. The summed E-state index contributed by atoms with van der Waals surface area (Å²) in [5.74, 6) is -1.69. The third kappa shape index (κ3) is 4.46. The largest absolute Gasteiger partial charge is 0.458 e. The maximum Gasteiger partial charge on any atom is 0.334 e. The minimum absolute atomic E-state index is 0.163. The lowest BCUT2D eigenvalue weighted by Gasteiger charge is -2.28. The minimum atomic E-state index is -0.784. The summed E-state index contributed by atoms with van der Waals surface area (Å²) in [6.07, 6.45) is 1.65. The Kier molecular flexibility index (Phi) is 5.98. The molecule has 1 saturated heterocycles. The van der Waals surface area contributed by atoms with Crippen LogP contribution in [0.25, 0.3) is 0 Å². The summed E-state index contributed by atoms with van der Waals surface area (Å²) < 4.78 is 10.9. The SMILES string of the molecule is C=C(C)C(=O)O[C@@H]1C/C(CO)=C/[C@@H](O)C/C(C)=C/[C@H]2OC(=O)C(=C)[C@@H]21. The fourth-order valence-electron chi connectivity index (χ4n) is 3.11. The Labute approximate surface area is 147 Å². The van der Waals surface area contributed by atoms with Gasteiger partial charge in [-0.1, -0.05) is 24.8 Å². The van der Waals surface area contributed by atoms with Crippen molar-refractivity contribution in [1.82, 2.24) is 0 Å². The summed E-state index contributed by atoms with van der Waals surface area (Å²) in [4.78, 5) is 24.0. The van der Waals surface area contributed by atoms with E-state index < -0.39 is 36.2 Å². The zero-order chi connectivity index (χ0) is 18.7. The molecule has 0 saturated carbocycles. The number of rotatable bonds is 3. The quantitative estimate of drug-likeness (QED) is 0.457. The highest BCUT2D eigenvalue weighted by atomic mass is 16.6. The van der Waals surface area contributed by atoms with Gasteiger partial charge in [-0.05, 0) is 31.9 Å². The molecule has 1 fully saturated rings. The summed E-state index contributed by atoms with van der Waals surface area (Å²) in [6, 6.07) is 0. The average Bonchev–Trinajstić information content (AvgIpc) is 2.79. The second-order valence-corrected chi connectivity index (χ2v) is 6.62. The van der Waals surface area contributed by atoms with Crippen molar-refractivity contribution in [1.29, 1.82) is 0 Å². The normalized spacial score (nSPS) is 34.1. The highest BCUT2D eigenvalue weighted by Gasteiger charge is 2.44. The topological polar surface area (TPSA) is 93.1 Å². The predicted octanol–water partition coefficient (Wildman–Crippen LogP) is 1.59. The van der Waals surface area contributed by atoms with E-state index in [0.29, 0.717) is 12.0 Å². The first-order valence-electron chi connectivity index (χ1n) is 8.15. The molecule has 0 aromatic rings. The van der Waals surface area contributed by atoms with E-state index in [2.05, 4.69) is 13.2 Å². The van der Waals surface area contributed by atoms with Gasteiger partial charge in [0.15, 0.2) is 0 Å². The number of hydrogen-bond donors (Lipinski definition) is 2. The number of hydrogen-bond acceptors (Lipinski definition) is 6. The number of aliphatic hydroxyl groups excluding tert-OH is 2. The lowest BCUT2D eigenvalue weighted by atomic mass is 9.85. The first-order valence-corrected chi connectivity index (χ1v) is 8.15. The van der Waals surface area contributed by atoms with E-state index in [4.69, 9.17) is 9.47 Å². The monoisotopic (exact) mass is 348 g/mol. The Morgan fingerprint density at radius 2 is 2.08 bits per heavy atom. The Balaban J connectivity index is 2.45. The van der Waals surface area contributed by atoms with Crippen LogP contribution in [0.5, 0.6) is 0 Å². The predicted molar refractivity (Wildman–Crippen MR) is 91.4 cm³/mol. The minimum Gasteiger partial charge on any atom is -0.458 e. The fraction of sp³-hybridized carbons (Fsp3) is 0.474. The molecule has 2 rings (SSSR count). The molecule has 0 radical (unpaired) electrons. The van der Waals surface area contributed by atoms with E-state index in [0.717, 1.165) is 5.57 Å². The second kappa shape index (κ2) is 7.80. The molecule has 0 amide bonds. The van der Waals surface area contributed by atoms with Crippen molar-refractivity contribution in [2.45, 2.75) is 45.0 Å². The summed E-state index contributed by atoms with van der Waals surface area (Å²) in [6.45, 7) is 10.4. The summed E-state index contributed by atoms with van der Waals surface area (Å²) in [5.41, 5.74) is 1.80. The lowest BCUT2D eigenvalue weighted by Crippen LogP contribution is -2.34. The van der Waals surface area contributed by atoms with Crippen molar-refractivity contribution in [3.63, 3.8) is 0 Å². The van der Waals surface area contributed by atoms with Gasteiger partial charge < -0.3 is 19.7 Å². The molecule has 1 heterocycles. The highest BCUT2D eigenvalue weighted by Crippen LogP contribution is 2.36. The standard InChI is InChI=1S/C19H24O6/c1-10(2)18(22)24-16-8-13(9-20)7-14(21)5-11(3)6-15-17(16)12(4)19(23)25-15/h6-7,14-17,20-21H,1,4-5,8-9H2,2-3H3/b11-6+,13-7-/t14-,15+,16+,17-/m0/s1. The van der Waals surface area contributed by atoms with Crippen molar-refractivity contribution in [2.75, 3.05) is 6.61 Å². The van der Waals surface area contributed by atoms with E-state index in [-0.39, 0.29) is 24.2 Å². The van der Waals surface area contributed by atoms with Crippen LogP contribution in [0.3, 0.4) is 0 Å². The van der Waals surface area contributed by atoms with Crippen LogP contribution in [0.1, 0.15) is 26.7 Å². The van der Waals surface area contributed by atoms with Crippen molar-refractivity contribution >= 4 is 11.9 Å². The van der Waals surface area contributed by atoms with Crippen LogP contribution in [0.15, 0.2) is 47.6 Å². The molecule has 0 aromatic carbocycles. The average molecular weight is 348 g/mol. The van der Waals surface area contributed by atoms with Gasteiger partial charge >= 0.3 is 11.9 Å². The number of fused-ring (bicyclic) bond motifs is 1. The Bertz CT molecular complexity index is 657. The van der Waals surface area contributed by atoms with Gasteiger partial charge in [-0.2, -0.15) is 0 Å². The molecular weight excluding hydrogens is 324 g/mol. The Hall–Kier alpha value is -2.18. The van der Waals surface area contributed by atoms with E-state index >= 15 is 0 Å². The maximum absolute atomic E-state index is 12.0. The van der Waals surface area contributed by atoms with Gasteiger partial charge in [0.2, 0.25) is 0 Å². The van der Waals surface area contributed by atoms with Crippen LogP contribution in [0.4, 0.5) is 0 Å². The van der Waals surface area contributed by atoms with Crippen molar-refractivity contribution in [3.8, 4) is 0 Å². The van der Waals surface area contributed by atoms with Crippen LogP contribution in [0, 0.1) is 5.92 Å². The molecule has 25 heavy (non-hydrogen) atoms. The molecule has 0 aromatic heterocycles. The second-order valence-electron chi connectivity index (χ2n) is 6.62. The number of esters is 2. The maximum atomic E-state index is 12.0. The van der Waals surface area contributed by atoms with Gasteiger partial charge in [0.05, 0.1) is 18.6 Å². The van der Waals surface area contributed by atoms with Gasteiger partial charge in [0, 0.05) is 17.6 Å². The van der Waals surface area contributed by atoms with Crippen molar-refractivity contribution < 1.29 is 29.3 Å². The molecule has 6 nitrogen and oxygen atoms in total. The molecular formula is C19H24O6. The van der Waals surface area contributed by atoms with E-state index in [1.54, 1.807) is 12.2 Å². The molecule has 2 aliphatic rings. The molecule has 6 heteroatoms. The molecule has 1 aliphatic heterocycles. The number of ether oxygens (including phenoxy) is 2. The Morgan fingerprint density at radius 1 is 1.40 bits per heavy atom. The zero-order valence-electron chi connectivity index (χ0n) is 14.5. The number of carbonyl (C=O) groups is 2. The van der Waals surface area contributed by atoms with Crippen molar-refractivity contribution in [2.24, 2.45) is 5.92 Å². The summed E-state index contributed by atoms with van der Waals surface area (Å²) in [5, 5.41) is 19.7. The lowest BCUT2D eigenvalue weighted by molar-refractivity contribution is -0.147. The van der Waals surface area contributed by atoms with Gasteiger partial charge in [0.1, 0.15) is 12.2 Å². The van der Waals surface area contributed by atoms with Crippen LogP contribution in [-0.4, -0.2) is 47.1 Å².